The zero-order valence-corrected chi connectivity index (χ0v) is 15.7. The number of para-hydroxylation sites is 1. The van der Waals surface area contributed by atoms with Crippen molar-refractivity contribution in [1.29, 1.82) is 0 Å². The molecule has 29 heavy (non-hydrogen) atoms. The summed E-state index contributed by atoms with van der Waals surface area (Å²) in [4.78, 5) is 4.44. The van der Waals surface area contributed by atoms with Crippen LogP contribution >= 0.6 is 0 Å². The minimum atomic E-state index is -2.53. The van der Waals surface area contributed by atoms with Crippen LogP contribution in [-0.4, -0.2) is 4.98 Å². The van der Waals surface area contributed by atoms with Crippen LogP contribution in [0, 0.1) is 27.5 Å². The molecular formula is C27H23NO. The number of nitrogens with zero attached hydrogens (tertiary/aromatic N) is 1. The number of hydrogen-bond donors (Lipinski definition) is 0. The Morgan fingerprint density at radius 2 is 1.66 bits per heavy atom. The van der Waals surface area contributed by atoms with E-state index >= 15 is 0 Å². The highest BCUT2D eigenvalue weighted by Crippen LogP contribution is 2.37. The molecule has 5 aromatic rings. The first-order valence-corrected chi connectivity index (χ1v) is 9.23. The number of benzene rings is 3. The summed E-state index contributed by atoms with van der Waals surface area (Å²) >= 11 is 0. The Morgan fingerprint density at radius 3 is 2.52 bits per heavy atom. The summed E-state index contributed by atoms with van der Waals surface area (Å²) in [7, 11) is 0. The lowest BCUT2D eigenvalue weighted by molar-refractivity contribution is 0.669. The van der Waals surface area contributed by atoms with Gasteiger partial charge in [0.05, 0.1) is 5.69 Å². The van der Waals surface area contributed by atoms with Crippen LogP contribution in [0.3, 0.4) is 0 Å². The third kappa shape index (κ3) is 2.92. The molecule has 0 fully saturated rings. The van der Waals surface area contributed by atoms with Crippen molar-refractivity contribution in [3.63, 3.8) is 0 Å². The molecular weight excluding hydrogens is 354 g/mol. The Labute approximate surface area is 183 Å². The van der Waals surface area contributed by atoms with E-state index in [4.69, 9.17) is 16.8 Å². The van der Waals surface area contributed by atoms with Crippen molar-refractivity contribution >= 4 is 21.9 Å². The number of aromatic nitrogens is 1. The predicted molar refractivity (Wildman–Crippen MR) is 121 cm³/mol. The van der Waals surface area contributed by atoms with Gasteiger partial charge in [-0.25, -0.2) is 0 Å². The van der Waals surface area contributed by atoms with Gasteiger partial charge in [0.25, 0.3) is 0 Å². The van der Waals surface area contributed by atoms with Crippen molar-refractivity contribution in [2.24, 2.45) is 0 Å². The molecule has 3 aromatic carbocycles. The molecule has 2 heteroatoms. The zero-order chi connectivity index (χ0) is 27.6. The molecule has 0 radical (unpaired) electrons. The van der Waals surface area contributed by atoms with Crippen LogP contribution in [-0.2, 0) is 0 Å². The maximum Gasteiger partial charge on any atom is 0.144 e. The number of rotatable bonds is 2. The van der Waals surface area contributed by atoms with Gasteiger partial charge < -0.3 is 4.42 Å². The first-order valence-electron chi connectivity index (χ1n) is 13.7. The lowest BCUT2D eigenvalue weighted by Crippen LogP contribution is -1.92. The van der Waals surface area contributed by atoms with Crippen molar-refractivity contribution in [2.45, 2.75) is 27.5 Å². The summed E-state index contributed by atoms with van der Waals surface area (Å²) in [6.45, 7) is -5.49. The minimum Gasteiger partial charge on any atom is -0.455 e. The van der Waals surface area contributed by atoms with Crippen LogP contribution < -0.4 is 0 Å². The van der Waals surface area contributed by atoms with Crippen molar-refractivity contribution in [2.75, 3.05) is 0 Å². The number of pyridine rings is 1. The summed E-state index contributed by atoms with van der Waals surface area (Å²) in [6, 6.07) is 16.6. The third-order valence-electron chi connectivity index (χ3n) is 5.14. The fourth-order valence-corrected chi connectivity index (χ4v) is 3.72. The maximum absolute atomic E-state index is 8.07. The van der Waals surface area contributed by atoms with E-state index in [-0.39, 0.29) is 22.3 Å². The van der Waals surface area contributed by atoms with Gasteiger partial charge in [0.1, 0.15) is 11.2 Å². The lowest BCUT2D eigenvalue weighted by Gasteiger charge is -2.12. The summed E-state index contributed by atoms with van der Waals surface area (Å²) in [5.74, 6) is 0. The van der Waals surface area contributed by atoms with Crippen LogP contribution in [0.1, 0.15) is 34.6 Å². The van der Waals surface area contributed by atoms with Gasteiger partial charge in [0.2, 0.25) is 0 Å². The van der Waals surface area contributed by atoms with E-state index in [1.807, 2.05) is 6.07 Å². The van der Waals surface area contributed by atoms with E-state index in [1.165, 1.54) is 12.3 Å². The number of hydrogen-bond acceptors (Lipinski definition) is 2. The summed E-state index contributed by atoms with van der Waals surface area (Å²) in [6.07, 6.45) is 1.26. The van der Waals surface area contributed by atoms with Gasteiger partial charge in [-0.1, -0.05) is 47.5 Å². The number of furan rings is 1. The average Bonchev–Trinajstić information content (AvgIpc) is 3.20. The second-order valence-electron chi connectivity index (χ2n) is 7.16. The highest BCUT2D eigenvalue weighted by atomic mass is 16.3. The normalized spacial score (nSPS) is 17.3. The SMILES string of the molecule is [2H]C([2H])([2H])c1ccc2oc3c(-c4cc(-c5ccc(C)cc5C([2H])([2H])[2H])c(C([2H])([2H])[2H])cn4)cccc3c2c1. The van der Waals surface area contributed by atoms with Gasteiger partial charge in [-0.2, -0.15) is 0 Å². The molecule has 0 unspecified atom stereocenters. The molecule has 0 aliphatic heterocycles. The van der Waals surface area contributed by atoms with E-state index in [0.29, 0.717) is 38.8 Å². The fourth-order valence-electron chi connectivity index (χ4n) is 3.72. The fraction of sp³-hybridized carbons (Fsp3) is 0.148. The summed E-state index contributed by atoms with van der Waals surface area (Å²) in [5.41, 5.74) is 3.40. The molecule has 0 aliphatic carbocycles. The van der Waals surface area contributed by atoms with Crippen molar-refractivity contribution in [1.82, 2.24) is 4.98 Å². The molecule has 2 heterocycles. The molecule has 0 aliphatic rings. The van der Waals surface area contributed by atoms with Crippen LogP contribution in [0.15, 0.2) is 71.3 Å². The average molecular weight is 387 g/mol. The van der Waals surface area contributed by atoms with E-state index in [1.54, 1.807) is 55.5 Å². The maximum atomic E-state index is 8.07. The Kier molecular flexibility index (Phi) is 2.37. The minimum absolute atomic E-state index is 0.0549. The van der Waals surface area contributed by atoms with E-state index in [9.17, 15) is 0 Å². The Bertz CT molecular complexity index is 1690. The van der Waals surface area contributed by atoms with Crippen molar-refractivity contribution in [3.8, 4) is 22.4 Å². The number of fused-ring (bicyclic) bond motifs is 3. The van der Waals surface area contributed by atoms with Crippen LogP contribution in [0.5, 0.6) is 0 Å². The molecule has 0 saturated heterocycles. The largest absolute Gasteiger partial charge is 0.455 e. The molecule has 0 spiro atoms. The van der Waals surface area contributed by atoms with Gasteiger partial charge in [-0.05, 0) is 74.0 Å². The summed E-state index contributed by atoms with van der Waals surface area (Å²) < 4.78 is 77.7. The third-order valence-corrected chi connectivity index (χ3v) is 5.14. The van der Waals surface area contributed by atoms with E-state index < -0.39 is 20.6 Å². The smallest absolute Gasteiger partial charge is 0.144 e. The van der Waals surface area contributed by atoms with Crippen molar-refractivity contribution < 1.29 is 16.8 Å². The molecule has 2 nitrogen and oxygen atoms in total. The Hall–Kier alpha value is -3.39. The predicted octanol–water partition coefficient (Wildman–Crippen LogP) is 7.55. The van der Waals surface area contributed by atoms with Crippen LogP contribution in [0.25, 0.3) is 44.3 Å². The topological polar surface area (TPSA) is 26.0 Å². The molecule has 2 aromatic heterocycles. The molecule has 0 saturated carbocycles. The first kappa shape index (κ1) is 10.4. The van der Waals surface area contributed by atoms with Crippen molar-refractivity contribution in [3.05, 3.63) is 89.1 Å². The first-order chi connectivity index (χ1) is 17.6. The molecule has 0 N–H and O–H groups in total. The number of aryl methyl sites for hydroxylation is 4. The molecule has 5 rings (SSSR count). The van der Waals surface area contributed by atoms with Crippen LogP contribution in [0.2, 0.25) is 0 Å². The Morgan fingerprint density at radius 1 is 0.759 bits per heavy atom. The second kappa shape index (κ2) is 6.59. The molecule has 142 valence electrons. The summed E-state index contributed by atoms with van der Waals surface area (Å²) in [5, 5.41) is 1.32. The van der Waals surface area contributed by atoms with E-state index in [2.05, 4.69) is 4.98 Å². The quantitative estimate of drug-likeness (QED) is 0.313. The van der Waals surface area contributed by atoms with Gasteiger partial charge in [0, 0.05) is 34.9 Å². The molecule has 0 amide bonds. The van der Waals surface area contributed by atoms with Gasteiger partial charge in [-0.15, -0.1) is 0 Å². The molecule has 0 atom stereocenters. The second-order valence-corrected chi connectivity index (χ2v) is 7.16. The van der Waals surface area contributed by atoms with Gasteiger partial charge in [0.15, 0.2) is 0 Å². The van der Waals surface area contributed by atoms with Gasteiger partial charge in [-0.3, -0.25) is 4.98 Å². The van der Waals surface area contributed by atoms with Crippen LogP contribution in [0.4, 0.5) is 0 Å². The Balaban J connectivity index is 1.78. The standard InChI is InChI=1S/C27H23NO/c1-16-8-10-20(18(3)12-16)23-14-25(28-15-19(23)4)22-7-5-6-21-24-13-17(2)9-11-26(24)29-27(21)22/h5-15H,1-4H3/i2D3,3D3,4D3. The highest BCUT2D eigenvalue weighted by Gasteiger charge is 2.15. The lowest BCUT2D eigenvalue weighted by atomic mass is 9.94. The monoisotopic (exact) mass is 386 g/mol. The highest BCUT2D eigenvalue weighted by molar-refractivity contribution is 6.09. The van der Waals surface area contributed by atoms with Gasteiger partial charge >= 0.3 is 0 Å². The zero-order valence-electron chi connectivity index (χ0n) is 24.7. The molecule has 0 bridgehead atoms. The van der Waals surface area contributed by atoms with E-state index in [0.717, 1.165) is 5.56 Å².